The highest BCUT2D eigenvalue weighted by molar-refractivity contribution is 5.94. The van der Waals surface area contributed by atoms with Crippen molar-refractivity contribution in [3.63, 3.8) is 0 Å². The second-order valence-electron chi connectivity index (χ2n) is 6.98. The van der Waals surface area contributed by atoms with Crippen LogP contribution in [0.3, 0.4) is 0 Å². The van der Waals surface area contributed by atoms with Crippen LogP contribution >= 0.6 is 0 Å². The summed E-state index contributed by atoms with van der Waals surface area (Å²) < 4.78 is 2.05. The third kappa shape index (κ3) is 3.29. The Morgan fingerprint density at radius 1 is 0.793 bits per heavy atom. The molecule has 4 aromatic rings. The number of fused-ring (bicyclic) bond motifs is 1. The highest BCUT2D eigenvalue weighted by atomic mass is 16.2. The molecule has 0 aliphatic carbocycles. The van der Waals surface area contributed by atoms with E-state index in [4.69, 9.17) is 0 Å². The molecular formula is C23H19N5O. The first-order valence-corrected chi connectivity index (χ1v) is 9.58. The summed E-state index contributed by atoms with van der Waals surface area (Å²) in [6, 6.07) is 23.6. The summed E-state index contributed by atoms with van der Waals surface area (Å²) in [6.45, 7) is 1.71. The predicted octanol–water partition coefficient (Wildman–Crippen LogP) is 3.66. The zero-order valence-electron chi connectivity index (χ0n) is 15.8. The maximum Gasteiger partial charge on any atom is 0.254 e. The topological polar surface area (TPSA) is 63.9 Å². The minimum absolute atomic E-state index is 0.0123. The number of aromatic nitrogens is 4. The van der Waals surface area contributed by atoms with E-state index < -0.39 is 0 Å². The van der Waals surface area contributed by atoms with Crippen LogP contribution in [0.2, 0.25) is 0 Å². The Bertz CT molecular complexity index is 1140. The molecule has 6 nitrogen and oxygen atoms in total. The van der Waals surface area contributed by atoms with Gasteiger partial charge in [0.05, 0.1) is 6.54 Å². The van der Waals surface area contributed by atoms with Crippen LogP contribution in [0.1, 0.15) is 16.2 Å². The summed E-state index contributed by atoms with van der Waals surface area (Å²) in [5.41, 5.74) is 3.71. The van der Waals surface area contributed by atoms with Crippen LogP contribution in [0.5, 0.6) is 0 Å². The van der Waals surface area contributed by atoms with Gasteiger partial charge in [0.15, 0.2) is 11.6 Å². The largest absolute Gasteiger partial charge is 0.329 e. The first-order valence-electron chi connectivity index (χ1n) is 9.58. The summed E-state index contributed by atoms with van der Waals surface area (Å²) in [7, 11) is 0. The second-order valence-corrected chi connectivity index (χ2v) is 6.98. The average Bonchev–Trinajstić information content (AvgIpc) is 3.23. The van der Waals surface area contributed by atoms with Gasteiger partial charge in [-0.25, -0.2) is 0 Å². The fraction of sp³-hybridized carbons (Fsp3) is 0.130. The van der Waals surface area contributed by atoms with Crippen LogP contribution in [0.4, 0.5) is 0 Å². The predicted molar refractivity (Wildman–Crippen MR) is 110 cm³/mol. The third-order valence-corrected chi connectivity index (χ3v) is 5.17. The lowest BCUT2D eigenvalue weighted by molar-refractivity contribution is 0.0708. The first-order chi connectivity index (χ1) is 14.3. The van der Waals surface area contributed by atoms with Gasteiger partial charge in [-0.1, -0.05) is 48.5 Å². The molecule has 1 aliphatic rings. The number of pyridine rings is 1. The van der Waals surface area contributed by atoms with Crippen molar-refractivity contribution in [2.75, 3.05) is 6.54 Å². The maximum absolute atomic E-state index is 13.0. The Hall–Kier alpha value is -3.80. The Morgan fingerprint density at radius 3 is 2.31 bits per heavy atom. The third-order valence-electron chi connectivity index (χ3n) is 5.17. The second kappa shape index (κ2) is 7.31. The molecule has 0 unspecified atom stereocenters. The highest BCUT2D eigenvalue weighted by Gasteiger charge is 2.26. The van der Waals surface area contributed by atoms with Crippen molar-refractivity contribution in [1.29, 1.82) is 0 Å². The summed E-state index contributed by atoms with van der Waals surface area (Å²) in [4.78, 5) is 19.2. The fourth-order valence-electron chi connectivity index (χ4n) is 3.63. The number of benzene rings is 2. The number of nitrogens with zero attached hydrogens (tertiary/aromatic N) is 5. The number of hydrogen-bond donors (Lipinski definition) is 0. The molecule has 1 amide bonds. The van der Waals surface area contributed by atoms with E-state index in [9.17, 15) is 4.79 Å². The molecule has 0 saturated heterocycles. The molecule has 0 saturated carbocycles. The lowest BCUT2D eigenvalue weighted by Crippen LogP contribution is -2.38. The van der Waals surface area contributed by atoms with E-state index in [1.54, 1.807) is 6.20 Å². The Balaban J connectivity index is 1.34. The molecule has 0 radical (unpaired) electrons. The Kier molecular flexibility index (Phi) is 4.37. The SMILES string of the molecule is O=C(c1ccc(-c2ccccc2)cc1)N1CCn2c(nnc2-c2ccccn2)C1. The van der Waals surface area contributed by atoms with Gasteiger partial charge in [0.1, 0.15) is 5.69 Å². The van der Waals surface area contributed by atoms with E-state index in [1.807, 2.05) is 70.1 Å². The van der Waals surface area contributed by atoms with E-state index in [2.05, 4.69) is 27.3 Å². The van der Waals surface area contributed by atoms with Crippen molar-refractivity contribution in [2.45, 2.75) is 13.1 Å². The van der Waals surface area contributed by atoms with Crippen molar-refractivity contribution in [1.82, 2.24) is 24.6 Å². The molecule has 0 spiro atoms. The monoisotopic (exact) mass is 381 g/mol. The first kappa shape index (κ1) is 17.3. The molecule has 0 N–H and O–H groups in total. The van der Waals surface area contributed by atoms with Crippen LogP contribution in [-0.4, -0.2) is 37.1 Å². The van der Waals surface area contributed by atoms with Gasteiger partial charge in [-0.3, -0.25) is 9.78 Å². The molecule has 142 valence electrons. The quantitative estimate of drug-likeness (QED) is 0.543. The summed E-state index contributed by atoms with van der Waals surface area (Å²) >= 11 is 0. The zero-order valence-corrected chi connectivity index (χ0v) is 15.8. The number of hydrogen-bond acceptors (Lipinski definition) is 4. The lowest BCUT2D eigenvalue weighted by Gasteiger charge is -2.28. The molecule has 29 heavy (non-hydrogen) atoms. The molecule has 0 atom stereocenters. The van der Waals surface area contributed by atoms with Crippen LogP contribution < -0.4 is 0 Å². The summed E-state index contributed by atoms with van der Waals surface area (Å²) in [5.74, 6) is 1.55. The zero-order chi connectivity index (χ0) is 19.6. The Morgan fingerprint density at radius 2 is 1.55 bits per heavy atom. The van der Waals surface area contributed by atoms with Crippen LogP contribution in [0.15, 0.2) is 79.0 Å². The number of rotatable bonds is 3. The smallest absolute Gasteiger partial charge is 0.254 e. The maximum atomic E-state index is 13.0. The van der Waals surface area contributed by atoms with E-state index >= 15 is 0 Å². The molecular weight excluding hydrogens is 362 g/mol. The van der Waals surface area contributed by atoms with Gasteiger partial charge in [0.25, 0.3) is 5.91 Å². The number of amides is 1. The van der Waals surface area contributed by atoms with E-state index in [-0.39, 0.29) is 5.91 Å². The molecule has 3 heterocycles. The minimum Gasteiger partial charge on any atom is -0.329 e. The minimum atomic E-state index is 0.0123. The van der Waals surface area contributed by atoms with Crippen LogP contribution in [-0.2, 0) is 13.1 Å². The van der Waals surface area contributed by atoms with Gasteiger partial charge in [-0.05, 0) is 35.4 Å². The van der Waals surface area contributed by atoms with E-state index in [0.717, 1.165) is 28.5 Å². The molecule has 1 aliphatic heterocycles. The molecule has 5 rings (SSSR count). The van der Waals surface area contributed by atoms with Gasteiger partial charge in [0, 0.05) is 24.8 Å². The molecule has 2 aromatic carbocycles. The molecule has 6 heteroatoms. The average molecular weight is 381 g/mol. The van der Waals surface area contributed by atoms with Crippen molar-refractivity contribution in [3.05, 3.63) is 90.4 Å². The Labute approximate surface area is 168 Å². The summed E-state index contributed by atoms with van der Waals surface area (Å²) in [6.07, 6.45) is 1.74. The number of carbonyl (C=O) groups excluding carboxylic acids is 1. The highest BCUT2D eigenvalue weighted by Crippen LogP contribution is 2.23. The van der Waals surface area contributed by atoms with Crippen LogP contribution in [0, 0.1) is 0 Å². The molecule has 0 bridgehead atoms. The van der Waals surface area contributed by atoms with Crippen molar-refractivity contribution < 1.29 is 4.79 Å². The normalized spacial score (nSPS) is 13.2. The van der Waals surface area contributed by atoms with Crippen molar-refractivity contribution >= 4 is 5.91 Å². The van der Waals surface area contributed by atoms with E-state index in [0.29, 0.717) is 25.2 Å². The van der Waals surface area contributed by atoms with Gasteiger partial charge in [-0.2, -0.15) is 0 Å². The number of carbonyl (C=O) groups is 1. The lowest BCUT2D eigenvalue weighted by atomic mass is 10.0. The molecule has 2 aromatic heterocycles. The van der Waals surface area contributed by atoms with Crippen molar-refractivity contribution in [2.24, 2.45) is 0 Å². The van der Waals surface area contributed by atoms with Gasteiger partial charge in [0.2, 0.25) is 0 Å². The standard InChI is InChI=1S/C23H19N5O/c29-23(19-11-9-18(10-12-19)17-6-2-1-3-7-17)27-14-15-28-21(16-27)25-26-22(28)20-8-4-5-13-24-20/h1-13H,14-16H2. The van der Waals surface area contributed by atoms with Crippen molar-refractivity contribution in [3.8, 4) is 22.6 Å². The van der Waals surface area contributed by atoms with Gasteiger partial charge in [-0.15, -0.1) is 10.2 Å². The van der Waals surface area contributed by atoms with E-state index in [1.165, 1.54) is 0 Å². The fourth-order valence-corrected chi connectivity index (χ4v) is 3.63. The van der Waals surface area contributed by atoms with Crippen LogP contribution in [0.25, 0.3) is 22.6 Å². The van der Waals surface area contributed by atoms with Gasteiger partial charge >= 0.3 is 0 Å². The summed E-state index contributed by atoms with van der Waals surface area (Å²) in [5, 5.41) is 8.58. The molecule has 0 fully saturated rings. The van der Waals surface area contributed by atoms with Gasteiger partial charge < -0.3 is 9.47 Å².